The summed E-state index contributed by atoms with van der Waals surface area (Å²) in [5, 5.41) is 3.54. The summed E-state index contributed by atoms with van der Waals surface area (Å²) in [6.45, 7) is 5.07. The van der Waals surface area contributed by atoms with Crippen molar-refractivity contribution in [3.8, 4) is 0 Å². The van der Waals surface area contributed by atoms with Crippen LogP contribution in [0.3, 0.4) is 0 Å². The fourth-order valence-electron chi connectivity index (χ4n) is 3.19. The Labute approximate surface area is 155 Å². The zero-order chi connectivity index (χ0) is 17.1. The highest BCUT2D eigenvalue weighted by Crippen LogP contribution is 2.22. The molecule has 132 valence electrons. The van der Waals surface area contributed by atoms with Gasteiger partial charge in [-0.05, 0) is 40.5 Å². The molecule has 1 atom stereocenters. The molecule has 25 heavy (non-hydrogen) atoms. The van der Waals surface area contributed by atoms with E-state index in [2.05, 4.69) is 46.0 Å². The molecule has 0 spiro atoms. The predicted molar refractivity (Wildman–Crippen MR) is 101 cm³/mol. The van der Waals surface area contributed by atoms with Gasteiger partial charge in [0.05, 0.1) is 13.2 Å². The smallest absolute Gasteiger partial charge is 0.227 e. The molecule has 1 N–H and O–H groups in total. The fourth-order valence-corrected chi connectivity index (χ4v) is 3.43. The van der Waals surface area contributed by atoms with Crippen LogP contribution >= 0.6 is 15.9 Å². The van der Waals surface area contributed by atoms with E-state index >= 15 is 0 Å². The van der Waals surface area contributed by atoms with Gasteiger partial charge < -0.3 is 19.9 Å². The van der Waals surface area contributed by atoms with Gasteiger partial charge in [0.2, 0.25) is 5.95 Å². The molecule has 0 saturated carbocycles. The van der Waals surface area contributed by atoms with Gasteiger partial charge in [-0.1, -0.05) is 0 Å². The largest absolute Gasteiger partial charge is 0.378 e. The molecule has 0 aromatic carbocycles. The van der Waals surface area contributed by atoms with E-state index in [0.717, 1.165) is 67.9 Å². The molecule has 0 radical (unpaired) electrons. The summed E-state index contributed by atoms with van der Waals surface area (Å²) in [7, 11) is 0. The lowest BCUT2D eigenvalue weighted by Gasteiger charge is -2.27. The maximum Gasteiger partial charge on any atom is 0.227 e. The van der Waals surface area contributed by atoms with E-state index in [1.54, 1.807) is 0 Å². The van der Waals surface area contributed by atoms with Crippen molar-refractivity contribution in [1.82, 2.24) is 15.0 Å². The monoisotopic (exact) mass is 404 g/mol. The molecule has 0 aliphatic carbocycles. The number of hydrogen-bond donors (Lipinski definition) is 1. The van der Waals surface area contributed by atoms with Crippen LogP contribution in [-0.2, 0) is 4.74 Å². The Morgan fingerprint density at radius 3 is 2.76 bits per heavy atom. The number of nitrogens with one attached hydrogen (secondary N) is 1. The summed E-state index contributed by atoms with van der Waals surface area (Å²) in [6.07, 6.45) is 4.73. The summed E-state index contributed by atoms with van der Waals surface area (Å²) >= 11 is 3.43. The van der Waals surface area contributed by atoms with Crippen LogP contribution in [-0.4, -0.2) is 60.4 Å². The van der Waals surface area contributed by atoms with Crippen LogP contribution in [0.15, 0.2) is 35.1 Å². The first kappa shape index (κ1) is 16.5. The van der Waals surface area contributed by atoms with Gasteiger partial charge in [0.25, 0.3) is 0 Å². The molecule has 2 aromatic heterocycles. The summed E-state index contributed by atoms with van der Waals surface area (Å²) in [5.41, 5.74) is 0. The van der Waals surface area contributed by atoms with E-state index in [4.69, 9.17) is 4.74 Å². The Morgan fingerprint density at radius 2 is 1.96 bits per heavy atom. The van der Waals surface area contributed by atoms with Crippen LogP contribution in [0.25, 0.3) is 0 Å². The van der Waals surface area contributed by atoms with Crippen LogP contribution in [0.4, 0.5) is 17.6 Å². The van der Waals surface area contributed by atoms with Gasteiger partial charge in [0.15, 0.2) is 0 Å². The van der Waals surface area contributed by atoms with Crippen LogP contribution in [0, 0.1) is 0 Å². The van der Waals surface area contributed by atoms with E-state index in [9.17, 15) is 0 Å². The zero-order valence-electron chi connectivity index (χ0n) is 13.9. The van der Waals surface area contributed by atoms with Gasteiger partial charge in [-0.25, -0.2) is 9.97 Å². The molecule has 1 unspecified atom stereocenters. The van der Waals surface area contributed by atoms with Crippen LogP contribution in [0.1, 0.15) is 6.42 Å². The first-order valence-electron chi connectivity index (χ1n) is 8.57. The Morgan fingerprint density at radius 1 is 1.08 bits per heavy atom. The molecule has 2 aromatic rings. The Kier molecular flexibility index (Phi) is 4.98. The molecule has 2 aliphatic heterocycles. The number of pyridine rings is 1. The summed E-state index contributed by atoms with van der Waals surface area (Å²) in [4.78, 5) is 18.0. The van der Waals surface area contributed by atoms with E-state index < -0.39 is 0 Å². The Hall–Kier alpha value is -1.93. The number of nitrogens with zero attached hydrogens (tertiary/aromatic N) is 5. The van der Waals surface area contributed by atoms with Crippen molar-refractivity contribution in [2.75, 3.05) is 54.5 Å². The number of rotatable bonds is 4. The molecule has 8 heteroatoms. The van der Waals surface area contributed by atoms with E-state index in [0.29, 0.717) is 6.04 Å². The minimum atomic E-state index is 0.359. The topological polar surface area (TPSA) is 66.4 Å². The molecule has 2 fully saturated rings. The van der Waals surface area contributed by atoms with Crippen molar-refractivity contribution in [1.29, 1.82) is 0 Å². The highest BCUT2D eigenvalue weighted by atomic mass is 79.9. The lowest BCUT2D eigenvalue weighted by molar-refractivity contribution is 0.122. The van der Waals surface area contributed by atoms with E-state index in [1.165, 1.54) is 0 Å². The molecule has 2 aliphatic rings. The normalized spacial score (nSPS) is 20.8. The van der Waals surface area contributed by atoms with E-state index in [-0.39, 0.29) is 0 Å². The highest BCUT2D eigenvalue weighted by Gasteiger charge is 2.24. The predicted octanol–water partition coefficient (Wildman–Crippen LogP) is 2.16. The fraction of sp³-hybridized carbons (Fsp3) is 0.471. The minimum absolute atomic E-state index is 0.359. The summed E-state index contributed by atoms with van der Waals surface area (Å²) < 4.78 is 6.39. The number of hydrogen-bond acceptors (Lipinski definition) is 7. The third kappa shape index (κ3) is 4.01. The first-order valence-corrected chi connectivity index (χ1v) is 9.36. The lowest BCUT2D eigenvalue weighted by Crippen LogP contribution is -2.37. The number of halogens is 1. The number of aromatic nitrogens is 3. The Balaban J connectivity index is 1.38. The molecule has 4 rings (SSSR count). The average Bonchev–Trinajstić information content (AvgIpc) is 3.12. The SMILES string of the molecule is Brc1ccc(N2CCC(Nc3ccnc(N4CCOCC4)n3)C2)nc1. The maximum atomic E-state index is 5.39. The Bertz CT molecular complexity index is 707. The van der Waals surface area contributed by atoms with Crippen molar-refractivity contribution in [2.24, 2.45) is 0 Å². The van der Waals surface area contributed by atoms with Crippen LogP contribution in [0.5, 0.6) is 0 Å². The average molecular weight is 405 g/mol. The number of anilines is 3. The highest BCUT2D eigenvalue weighted by molar-refractivity contribution is 9.10. The van der Waals surface area contributed by atoms with Crippen molar-refractivity contribution in [3.63, 3.8) is 0 Å². The molecule has 2 saturated heterocycles. The number of morpholine rings is 1. The van der Waals surface area contributed by atoms with Gasteiger partial charge in [-0.3, -0.25) is 0 Å². The second-order valence-corrected chi connectivity index (χ2v) is 7.17. The molecule has 0 bridgehead atoms. The second-order valence-electron chi connectivity index (χ2n) is 6.25. The summed E-state index contributed by atoms with van der Waals surface area (Å²) in [5.74, 6) is 2.68. The maximum absolute atomic E-state index is 5.39. The van der Waals surface area contributed by atoms with Gasteiger partial charge in [-0.2, -0.15) is 4.98 Å². The second kappa shape index (κ2) is 7.53. The van der Waals surface area contributed by atoms with Gasteiger partial charge >= 0.3 is 0 Å². The van der Waals surface area contributed by atoms with Crippen molar-refractivity contribution < 1.29 is 4.74 Å². The summed E-state index contributed by atoms with van der Waals surface area (Å²) in [6, 6.07) is 6.37. The standard InChI is InChI=1S/C17H21BrN6O/c18-13-1-2-16(20-11-13)24-6-4-14(12-24)21-15-3-5-19-17(22-15)23-7-9-25-10-8-23/h1-3,5,11,14H,4,6-10,12H2,(H,19,21,22). The third-order valence-electron chi connectivity index (χ3n) is 4.51. The zero-order valence-corrected chi connectivity index (χ0v) is 15.5. The first-order chi connectivity index (χ1) is 12.3. The van der Waals surface area contributed by atoms with Crippen LogP contribution in [0.2, 0.25) is 0 Å². The molecule has 4 heterocycles. The lowest BCUT2D eigenvalue weighted by atomic mass is 10.2. The van der Waals surface area contributed by atoms with Crippen molar-refractivity contribution in [3.05, 3.63) is 35.1 Å². The quantitative estimate of drug-likeness (QED) is 0.836. The van der Waals surface area contributed by atoms with Crippen molar-refractivity contribution in [2.45, 2.75) is 12.5 Å². The molecule has 0 amide bonds. The van der Waals surface area contributed by atoms with Crippen molar-refractivity contribution >= 4 is 33.5 Å². The molecular weight excluding hydrogens is 384 g/mol. The van der Waals surface area contributed by atoms with Gasteiger partial charge in [-0.15, -0.1) is 0 Å². The molecular formula is C17H21BrN6O. The van der Waals surface area contributed by atoms with Crippen LogP contribution < -0.4 is 15.1 Å². The van der Waals surface area contributed by atoms with Gasteiger partial charge in [0.1, 0.15) is 11.6 Å². The van der Waals surface area contributed by atoms with E-state index in [1.807, 2.05) is 30.6 Å². The molecule has 7 nitrogen and oxygen atoms in total. The minimum Gasteiger partial charge on any atom is -0.378 e. The number of ether oxygens (including phenoxy) is 1. The third-order valence-corrected chi connectivity index (χ3v) is 4.98. The van der Waals surface area contributed by atoms with Gasteiger partial charge in [0, 0.05) is 49.1 Å².